The molecule has 2 atom stereocenters. The van der Waals surface area contributed by atoms with Gasteiger partial charge < -0.3 is 4.90 Å². The normalized spacial score (nSPS) is 21.0. The third-order valence-corrected chi connectivity index (χ3v) is 4.94. The molecular weight excluding hydrogens is 312 g/mol. The van der Waals surface area contributed by atoms with Gasteiger partial charge in [-0.05, 0) is 23.6 Å². The van der Waals surface area contributed by atoms with Crippen molar-refractivity contribution in [3.8, 4) is 0 Å². The molecule has 1 aliphatic rings. The van der Waals surface area contributed by atoms with E-state index in [2.05, 4.69) is 4.98 Å². The molecule has 1 fully saturated rings. The van der Waals surface area contributed by atoms with Crippen molar-refractivity contribution in [2.45, 2.75) is 26.3 Å². The van der Waals surface area contributed by atoms with E-state index in [0.29, 0.717) is 6.54 Å². The van der Waals surface area contributed by atoms with Crippen LogP contribution in [0.15, 0.2) is 24.5 Å². The highest BCUT2D eigenvalue weighted by Crippen LogP contribution is 2.34. The molecule has 2 rings (SSSR count). The highest BCUT2D eigenvalue weighted by atomic mass is 35.7. The third-order valence-electron chi connectivity index (χ3n) is 3.69. The summed E-state index contributed by atoms with van der Waals surface area (Å²) in [4.78, 5) is 18.0. The summed E-state index contributed by atoms with van der Waals surface area (Å²) in [5, 5.41) is 0. The number of nitrogens with zero attached hydrogens (tertiary/aromatic N) is 2. The van der Waals surface area contributed by atoms with Crippen molar-refractivity contribution in [2.75, 3.05) is 12.3 Å². The van der Waals surface area contributed by atoms with Crippen molar-refractivity contribution < 1.29 is 13.2 Å². The van der Waals surface area contributed by atoms with E-state index < -0.39 is 9.05 Å². The second-order valence-electron chi connectivity index (χ2n) is 5.79. The Morgan fingerprint density at radius 2 is 2.00 bits per heavy atom. The number of carbonyl (C=O) groups is 1. The SMILES string of the molecule is CC(C)C(c1ccncc1)N1CC(CS(=O)(=O)Cl)CC1=O. The van der Waals surface area contributed by atoms with Crippen molar-refractivity contribution in [2.24, 2.45) is 11.8 Å². The first-order valence-electron chi connectivity index (χ1n) is 6.89. The van der Waals surface area contributed by atoms with Gasteiger partial charge in [0.2, 0.25) is 15.0 Å². The number of rotatable bonds is 5. The quantitative estimate of drug-likeness (QED) is 0.776. The molecule has 0 radical (unpaired) electrons. The first-order valence-corrected chi connectivity index (χ1v) is 9.37. The van der Waals surface area contributed by atoms with Gasteiger partial charge in [0, 0.05) is 42.0 Å². The second kappa shape index (κ2) is 6.32. The van der Waals surface area contributed by atoms with Crippen molar-refractivity contribution in [3.05, 3.63) is 30.1 Å². The predicted molar refractivity (Wildman–Crippen MR) is 81.3 cm³/mol. The van der Waals surface area contributed by atoms with Crippen LogP contribution in [0.4, 0.5) is 0 Å². The molecule has 1 aromatic rings. The van der Waals surface area contributed by atoms with Crippen molar-refractivity contribution in [3.63, 3.8) is 0 Å². The maximum atomic E-state index is 12.3. The average Bonchev–Trinajstić information content (AvgIpc) is 2.69. The zero-order valence-corrected chi connectivity index (χ0v) is 13.6. The standard InChI is InChI=1S/C14H19ClN2O3S/c1-10(2)14(12-3-5-16-6-4-12)17-8-11(7-13(17)18)9-21(15,19)20/h3-6,10-11,14H,7-9H2,1-2H3. The van der Waals surface area contributed by atoms with Gasteiger partial charge in [0.25, 0.3) is 0 Å². The Kier molecular flexibility index (Phi) is 4.88. The molecule has 0 N–H and O–H groups in total. The summed E-state index contributed by atoms with van der Waals surface area (Å²) >= 11 is 0. The number of aromatic nitrogens is 1. The molecule has 1 aromatic heterocycles. The first kappa shape index (κ1) is 16.2. The molecule has 1 aliphatic heterocycles. The number of carbonyl (C=O) groups excluding carboxylic acids is 1. The van der Waals surface area contributed by atoms with Crippen LogP contribution in [0.2, 0.25) is 0 Å². The van der Waals surface area contributed by atoms with E-state index in [1.807, 2.05) is 26.0 Å². The van der Waals surface area contributed by atoms with Crippen LogP contribution in [-0.4, -0.2) is 36.5 Å². The fourth-order valence-electron chi connectivity index (χ4n) is 2.96. The van der Waals surface area contributed by atoms with Gasteiger partial charge in [-0.2, -0.15) is 0 Å². The zero-order valence-electron chi connectivity index (χ0n) is 12.1. The lowest BCUT2D eigenvalue weighted by atomic mass is 9.95. The Hall–Kier alpha value is -1.14. The van der Waals surface area contributed by atoms with E-state index in [4.69, 9.17) is 10.7 Å². The second-order valence-corrected chi connectivity index (χ2v) is 8.61. The minimum Gasteiger partial charge on any atom is -0.335 e. The highest BCUT2D eigenvalue weighted by Gasteiger charge is 2.37. The van der Waals surface area contributed by atoms with E-state index in [0.717, 1.165) is 5.56 Å². The number of amides is 1. The molecule has 7 heteroatoms. The summed E-state index contributed by atoms with van der Waals surface area (Å²) in [6.45, 7) is 4.52. The third kappa shape index (κ3) is 4.17. The summed E-state index contributed by atoms with van der Waals surface area (Å²) in [5.41, 5.74) is 1.02. The first-order chi connectivity index (χ1) is 9.78. The predicted octanol–water partition coefficient (Wildman–Crippen LogP) is 2.20. The van der Waals surface area contributed by atoms with Gasteiger partial charge in [0.1, 0.15) is 0 Å². The van der Waals surface area contributed by atoms with E-state index in [1.165, 1.54) is 0 Å². The molecule has 0 aliphatic carbocycles. The fraction of sp³-hybridized carbons (Fsp3) is 0.571. The summed E-state index contributed by atoms with van der Waals surface area (Å²) in [6, 6.07) is 3.72. The topological polar surface area (TPSA) is 67.3 Å². The molecule has 2 unspecified atom stereocenters. The number of pyridine rings is 1. The number of halogens is 1. The molecular formula is C14H19ClN2O3S. The lowest BCUT2D eigenvalue weighted by Crippen LogP contribution is -2.33. The average molecular weight is 331 g/mol. The number of hydrogen-bond acceptors (Lipinski definition) is 4. The summed E-state index contributed by atoms with van der Waals surface area (Å²) < 4.78 is 22.4. The van der Waals surface area contributed by atoms with Crippen LogP contribution >= 0.6 is 10.7 Å². The molecule has 5 nitrogen and oxygen atoms in total. The van der Waals surface area contributed by atoms with E-state index >= 15 is 0 Å². The zero-order chi connectivity index (χ0) is 15.6. The molecule has 1 saturated heterocycles. The molecule has 116 valence electrons. The van der Waals surface area contributed by atoms with Crippen molar-refractivity contribution in [1.82, 2.24) is 9.88 Å². The summed E-state index contributed by atoms with van der Waals surface area (Å²) in [6.07, 6.45) is 3.64. The smallest absolute Gasteiger partial charge is 0.232 e. The maximum Gasteiger partial charge on any atom is 0.232 e. The van der Waals surface area contributed by atoms with Gasteiger partial charge in [-0.1, -0.05) is 13.8 Å². The molecule has 0 saturated carbocycles. The molecule has 1 amide bonds. The van der Waals surface area contributed by atoms with Gasteiger partial charge in [-0.25, -0.2) is 8.42 Å². The maximum absolute atomic E-state index is 12.3. The van der Waals surface area contributed by atoms with Crippen LogP contribution in [0.3, 0.4) is 0 Å². The van der Waals surface area contributed by atoms with E-state index in [-0.39, 0.29) is 36.0 Å². The molecule has 0 spiro atoms. The number of likely N-dealkylation sites (tertiary alicyclic amines) is 1. The summed E-state index contributed by atoms with van der Waals surface area (Å²) in [7, 11) is 1.72. The Labute approximate surface area is 129 Å². The lowest BCUT2D eigenvalue weighted by Gasteiger charge is -2.31. The monoisotopic (exact) mass is 330 g/mol. The van der Waals surface area contributed by atoms with Crippen LogP contribution < -0.4 is 0 Å². The van der Waals surface area contributed by atoms with E-state index in [9.17, 15) is 13.2 Å². The molecule has 0 bridgehead atoms. The minimum absolute atomic E-state index is 0.0178. The van der Waals surface area contributed by atoms with Crippen LogP contribution in [-0.2, 0) is 13.8 Å². The largest absolute Gasteiger partial charge is 0.335 e. The fourth-order valence-corrected chi connectivity index (χ4v) is 4.28. The van der Waals surface area contributed by atoms with Gasteiger partial charge in [-0.3, -0.25) is 9.78 Å². The minimum atomic E-state index is -3.58. The Balaban J connectivity index is 2.20. The molecule has 0 aromatic carbocycles. The van der Waals surface area contributed by atoms with Gasteiger partial charge in [0.05, 0.1) is 11.8 Å². The Morgan fingerprint density at radius 3 is 2.52 bits per heavy atom. The van der Waals surface area contributed by atoms with Crippen molar-refractivity contribution in [1.29, 1.82) is 0 Å². The summed E-state index contributed by atoms with van der Waals surface area (Å²) in [5.74, 6) is -0.181. The lowest BCUT2D eigenvalue weighted by molar-refractivity contribution is -0.130. The van der Waals surface area contributed by atoms with Crippen LogP contribution in [0.1, 0.15) is 31.9 Å². The van der Waals surface area contributed by atoms with Gasteiger partial charge >= 0.3 is 0 Å². The van der Waals surface area contributed by atoms with Gasteiger partial charge in [-0.15, -0.1) is 0 Å². The highest BCUT2D eigenvalue weighted by molar-refractivity contribution is 8.13. The number of hydrogen-bond donors (Lipinski definition) is 0. The van der Waals surface area contributed by atoms with Crippen LogP contribution in [0.25, 0.3) is 0 Å². The van der Waals surface area contributed by atoms with E-state index in [1.54, 1.807) is 17.3 Å². The molecule has 21 heavy (non-hydrogen) atoms. The Bertz CT molecular complexity index is 604. The van der Waals surface area contributed by atoms with Crippen LogP contribution in [0, 0.1) is 11.8 Å². The van der Waals surface area contributed by atoms with Gasteiger partial charge in [0.15, 0.2) is 0 Å². The molecule has 2 heterocycles. The van der Waals surface area contributed by atoms with Crippen molar-refractivity contribution >= 4 is 25.6 Å². The Morgan fingerprint density at radius 1 is 1.38 bits per heavy atom. The van der Waals surface area contributed by atoms with Crippen LogP contribution in [0.5, 0.6) is 0 Å².